The summed E-state index contributed by atoms with van der Waals surface area (Å²) in [6.45, 7) is 10.7. The lowest BCUT2D eigenvalue weighted by Gasteiger charge is -2.16. The van der Waals surface area contributed by atoms with E-state index >= 15 is 0 Å². The summed E-state index contributed by atoms with van der Waals surface area (Å²) in [7, 11) is 0. The minimum Gasteiger partial charge on any atom is -0.381 e. The maximum absolute atomic E-state index is 5.51. The van der Waals surface area contributed by atoms with Crippen molar-refractivity contribution < 1.29 is 4.74 Å². The van der Waals surface area contributed by atoms with Gasteiger partial charge in [-0.2, -0.15) is 0 Å². The van der Waals surface area contributed by atoms with Crippen LogP contribution in [0, 0.1) is 5.92 Å². The molecule has 0 amide bonds. The molecule has 0 aromatic heterocycles. The Morgan fingerprint density at radius 2 is 1.79 bits per heavy atom. The zero-order valence-corrected chi connectivity index (χ0v) is 10.1. The van der Waals surface area contributed by atoms with E-state index in [0.717, 1.165) is 38.6 Å². The van der Waals surface area contributed by atoms with E-state index in [1.807, 2.05) is 0 Å². The van der Waals surface area contributed by atoms with Crippen molar-refractivity contribution in [3.8, 4) is 0 Å². The second-order valence-corrected chi connectivity index (χ2v) is 3.86. The topological polar surface area (TPSA) is 21.3 Å². The summed E-state index contributed by atoms with van der Waals surface area (Å²) in [5.74, 6) is 0.803. The molecule has 0 bridgehead atoms. The van der Waals surface area contributed by atoms with Crippen LogP contribution in [0.2, 0.25) is 0 Å². The predicted molar refractivity (Wildman–Crippen MR) is 62.7 cm³/mol. The van der Waals surface area contributed by atoms with Crippen molar-refractivity contribution in [2.45, 2.75) is 46.5 Å². The van der Waals surface area contributed by atoms with Crippen LogP contribution in [0.5, 0.6) is 0 Å². The van der Waals surface area contributed by atoms with Crippen molar-refractivity contribution in [1.82, 2.24) is 5.32 Å². The lowest BCUT2D eigenvalue weighted by molar-refractivity contribution is 0.119. The van der Waals surface area contributed by atoms with Gasteiger partial charge in [0.1, 0.15) is 0 Å². The molecule has 1 atom stereocenters. The molecule has 0 aliphatic rings. The lowest BCUT2D eigenvalue weighted by atomic mass is 10.0. The zero-order chi connectivity index (χ0) is 10.6. The maximum atomic E-state index is 5.51. The smallest absolute Gasteiger partial charge is 0.0469 e. The average molecular weight is 201 g/mol. The van der Waals surface area contributed by atoms with Crippen molar-refractivity contribution >= 4 is 0 Å². The van der Waals surface area contributed by atoms with Gasteiger partial charge in [0.15, 0.2) is 0 Å². The van der Waals surface area contributed by atoms with Crippen LogP contribution in [0.3, 0.4) is 0 Å². The second kappa shape index (κ2) is 11.0. The van der Waals surface area contributed by atoms with Crippen LogP contribution in [0.4, 0.5) is 0 Å². The molecule has 0 fully saturated rings. The summed E-state index contributed by atoms with van der Waals surface area (Å²) in [6, 6.07) is 0. The average Bonchev–Trinajstić information content (AvgIpc) is 2.20. The van der Waals surface area contributed by atoms with E-state index in [1.165, 1.54) is 19.3 Å². The SMILES string of the molecule is CCCOCCC(CCC)CNCC. The van der Waals surface area contributed by atoms with Gasteiger partial charge in [-0.25, -0.2) is 0 Å². The molecule has 86 valence electrons. The molecule has 1 unspecified atom stereocenters. The van der Waals surface area contributed by atoms with Gasteiger partial charge in [0.2, 0.25) is 0 Å². The van der Waals surface area contributed by atoms with Gasteiger partial charge < -0.3 is 10.1 Å². The predicted octanol–water partition coefficient (Wildman–Crippen LogP) is 2.83. The van der Waals surface area contributed by atoms with Crippen LogP contribution < -0.4 is 5.32 Å². The molecule has 2 heteroatoms. The fourth-order valence-electron chi connectivity index (χ4n) is 1.60. The van der Waals surface area contributed by atoms with E-state index in [1.54, 1.807) is 0 Å². The fourth-order valence-corrected chi connectivity index (χ4v) is 1.60. The number of rotatable bonds is 10. The quantitative estimate of drug-likeness (QED) is 0.549. The molecule has 0 aliphatic heterocycles. The van der Waals surface area contributed by atoms with Gasteiger partial charge in [0.05, 0.1) is 0 Å². The Hall–Kier alpha value is -0.0800. The first kappa shape index (κ1) is 13.9. The summed E-state index contributed by atoms with van der Waals surface area (Å²) < 4.78 is 5.51. The Morgan fingerprint density at radius 1 is 1.00 bits per heavy atom. The molecule has 1 N–H and O–H groups in total. The van der Waals surface area contributed by atoms with E-state index in [0.29, 0.717) is 0 Å². The van der Waals surface area contributed by atoms with Crippen molar-refractivity contribution in [3.63, 3.8) is 0 Å². The van der Waals surface area contributed by atoms with Crippen molar-refractivity contribution in [2.24, 2.45) is 5.92 Å². The van der Waals surface area contributed by atoms with Gasteiger partial charge in [-0.1, -0.05) is 27.2 Å². The minimum absolute atomic E-state index is 0.803. The van der Waals surface area contributed by atoms with Gasteiger partial charge in [-0.15, -0.1) is 0 Å². The maximum Gasteiger partial charge on any atom is 0.0469 e. The largest absolute Gasteiger partial charge is 0.381 e. The Labute approximate surface area is 89.4 Å². The third kappa shape index (κ3) is 8.52. The van der Waals surface area contributed by atoms with E-state index in [4.69, 9.17) is 4.74 Å². The number of hydrogen-bond donors (Lipinski definition) is 1. The van der Waals surface area contributed by atoms with E-state index in [9.17, 15) is 0 Å². The van der Waals surface area contributed by atoms with E-state index < -0.39 is 0 Å². The first-order valence-corrected chi connectivity index (χ1v) is 6.13. The highest BCUT2D eigenvalue weighted by molar-refractivity contribution is 4.61. The van der Waals surface area contributed by atoms with Gasteiger partial charge in [0, 0.05) is 13.2 Å². The number of hydrogen-bond acceptors (Lipinski definition) is 2. The monoisotopic (exact) mass is 201 g/mol. The minimum atomic E-state index is 0.803. The normalized spacial score (nSPS) is 13.1. The van der Waals surface area contributed by atoms with E-state index in [2.05, 4.69) is 26.1 Å². The molecule has 0 aliphatic carbocycles. The molecule has 0 saturated heterocycles. The second-order valence-electron chi connectivity index (χ2n) is 3.86. The molecule has 2 nitrogen and oxygen atoms in total. The van der Waals surface area contributed by atoms with Crippen molar-refractivity contribution in [2.75, 3.05) is 26.3 Å². The molecule has 0 spiro atoms. The van der Waals surface area contributed by atoms with Crippen LogP contribution in [-0.2, 0) is 4.74 Å². The van der Waals surface area contributed by atoms with Crippen LogP contribution in [-0.4, -0.2) is 26.3 Å². The van der Waals surface area contributed by atoms with Crippen molar-refractivity contribution in [3.05, 3.63) is 0 Å². The third-order valence-corrected chi connectivity index (χ3v) is 2.40. The first-order valence-electron chi connectivity index (χ1n) is 6.13. The van der Waals surface area contributed by atoms with E-state index in [-0.39, 0.29) is 0 Å². The highest BCUT2D eigenvalue weighted by atomic mass is 16.5. The number of nitrogens with one attached hydrogen (secondary N) is 1. The molecule has 0 radical (unpaired) electrons. The summed E-state index contributed by atoms with van der Waals surface area (Å²) in [4.78, 5) is 0. The summed E-state index contributed by atoms with van der Waals surface area (Å²) in [5, 5.41) is 3.42. The highest BCUT2D eigenvalue weighted by Crippen LogP contribution is 2.10. The van der Waals surface area contributed by atoms with Crippen LogP contribution in [0.1, 0.15) is 46.5 Å². The summed E-state index contributed by atoms with van der Waals surface area (Å²) >= 11 is 0. The molecular formula is C12H27NO. The molecule has 0 saturated carbocycles. The number of ether oxygens (including phenoxy) is 1. The standard InChI is InChI=1S/C12H27NO/c1-4-7-12(11-13-6-3)8-10-14-9-5-2/h12-13H,4-11H2,1-3H3. The summed E-state index contributed by atoms with van der Waals surface area (Å²) in [5.41, 5.74) is 0. The van der Waals surface area contributed by atoms with Crippen LogP contribution >= 0.6 is 0 Å². The first-order chi connectivity index (χ1) is 6.85. The molecule has 0 aromatic carbocycles. The Kier molecular flexibility index (Phi) is 10.9. The van der Waals surface area contributed by atoms with Gasteiger partial charge in [-0.05, 0) is 38.3 Å². The lowest BCUT2D eigenvalue weighted by Crippen LogP contribution is -2.23. The highest BCUT2D eigenvalue weighted by Gasteiger charge is 2.06. The van der Waals surface area contributed by atoms with Gasteiger partial charge >= 0.3 is 0 Å². The molecule has 0 rings (SSSR count). The molecule has 0 aromatic rings. The molecular weight excluding hydrogens is 174 g/mol. The van der Waals surface area contributed by atoms with Crippen LogP contribution in [0.25, 0.3) is 0 Å². The molecule has 0 heterocycles. The third-order valence-electron chi connectivity index (χ3n) is 2.40. The Bertz CT molecular complexity index is 106. The fraction of sp³-hybridized carbons (Fsp3) is 1.00. The van der Waals surface area contributed by atoms with Gasteiger partial charge in [0.25, 0.3) is 0 Å². The zero-order valence-electron chi connectivity index (χ0n) is 10.1. The summed E-state index contributed by atoms with van der Waals surface area (Å²) in [6.07, 6.45) is 4.94. The Balaban J connectivity index is 3.40. The van der Waals surface area contributed by atoms with Crippen molar-refractivity contribution in [1.29, 1.82) is 0 Å². The Morgan fingerprint density at radius 3 is 2.36 bits per heavy atom. The molecule has 14 heavy (non-hydrogen) atoms. The van der Waals surface area contributed by atoms with Crippen LogP contribution in [0.15, 0.2) is 0 Å². The van der Waals surface area contributed by atoms with Gasteiger partial charge in [-0.3, -0.25) is 0 Å².